The smallest absolute Gasteiger partial charge is 0.228 e. The molecule has 3 heterocycles. The second kappa shape index (κ2) is 8.06. The maximum Gasteiger partial charge on any atom is 0.228 e. The number of pyridine rings is 1. The number of piperidine rings is 1. The zero-order valence-corrected chi connectivity index (χ0v) is 15.9. The predicted molar refractivity (Wildman–Crippen MR) is 108 cm³/mol. The van der Waals surface area contributed by atoms with Gasteiger partial charge in [0, 0.05) is 35.8 Å². The Hall–Kier alpha value is -2.80. The number of nitrogens with zero attached hydrogens (tertiary/aromatic N) is 3. The first kappa shape index (κ1) is 18.6. The van der Waals surface area contributed by atoms with Crippen LogP contribution in [0.1, 0.15) is 19.8 Å². The molecule has 1 aliphatic heterocycles. The molecule has 3 aromatic rings. The summed E-state index contributed by atoms with van der Waals surface area (Å²) < 4.78 is 13.1. The van der Waals surface area contributed by atoms with E-state index in [9.17, 15) is 9.18 Å². The summed E-state index contributed by atoms with van der Waals surface area (Å²) >= 11 is 0. The number of hydrogen-bond donors (Lipinski definition) is 2. The van der Waals surface area contributed by atoms with Gasteiger partial charge >= 0.3 is 0 Å². The van der Waals surface area contributed by atoms with Crippen molar-refractivity contribution in [2.45, 2.75) is 25.9 Å². The molecule has 6 nitrogen and oxygen atoms in total. The summed E-state index contributed by atoms with van der Waals surface area (Å²) in [7, 11) is 0. The summed E-state index contributed by atoms with van der Waals surface area (Å²) in [5.74, 6) is 0.494. The van der Waals surface area contributed by atoms with Gasteiger partial charge in [0.15, 0.2) is 0 Å². The Morgan fingerprint density at radius 3 is 2.79 bits per heavy atom. The Morgan fingerprint density at radius 2 is 2.07 bits per heavy atom. The number of carbonyl (C=O) groups is 1. The van der Waals surface area contributed by atoms with Crippen LogP contribution in [0, 0.1) is 5.92 Å². The fourth-order valence-electron chi connectivity index (χ4n) is 3.76. The standard InChI is InChI=1S/C21H24FN5O/c1-14(22)13-27-6-4-15(5-7-27)21(28)26-20-9-18-8-16(19-11-24-25-12-19)2-3-17(18)10-23-20/h2-3,8-12,14-15H,4-7,13H2,1H3,(H,24,25)(H,23,26,28). The van der Waals surface area contributed by atoms with Crippen molar-refractivity contribution < 1.29 is 9.18 Å². The maximum absolute atomic E-state index is 13.1. The number of aromatic nitrogens is 3. The molecule has 1 atom stereocenters. The minimum atomic E-state index is -0.834. The van der Waals surface area contributed by atoms with E-state index in [-0.39, 0.29) is 11.8 Å². The van der Waals surface area contributed by atoms with Gasteiger partial charge in [0.1, 0.15) is 12.0 Å². The lowest BCUT2D eigenvalue weighted by Gasteiger charge is -2.31. The average molecular weight is 381 g/mol. The molecule has 1 aromatic carbocycles. The molecular weight excluding hydrogens is 357 g/mol. The van der Waals surface area contributed by atoms with Gasteiger partial charge in [0.25, 0.3) is 0 Å². The van der Waals surface area contributed by atoms with Crippen LogP contribution in [0.25, 0.3) is 21.9 Å². The van der Waals surface area contributed by atoms with Gasteiger partial charge in [0.05, 0.1) is 6.20 Å². The second-order valence-electron chi connectivity index (χ2n) is 7.46. The largest absolute Gasteiger partial charge is 0.310 e. The monoisotopic (exact) mass is 381 g/mol. The number of alkyl halides is 1. The molecule has 2 N–H and O–H groups in total. The molecule has 28 heavy (non-hydrogen) atoms. The molecule has 0 bridgehead atoms. The van der Waals surface area contributed by atoms with E-state index in [1.807, 2.05) is 24.4 Å². The van der Waals surface area contributed by atoms with E-state index in [2.05, 4.69) is 31.5 Å². The first-order valence-corrected chi connectivity index (χ1v) is 9.65. The summed E-state index contributed by atoms with van der Waals surface area (Å²) in [4.78, 5) is 19.1. The zero-order valence-electron chi connectivity index (χ0n) is 15.9. The van der Waals surface area contributed by atoms with Crippen molar-refractivity contribution in [3.05, 3.63) is 42.9 Å². The third-order valence-corrected chi connectivity index (χ3v) is 5.27. The van der Waals surface area contributed by atoms with Crippen molar-refractivity contribution in [3.8, 4) is 11.1 Å². The molecule has 0 aliphatic carbocycles. The number of nitrogens with one attached hydrogen (secondary N) is 2. The van der Waals surface area contributed by atoms with Crippen molar-refractivity contribution in [2.75, 3.05) is 25.0 Å². The van der Waals surface area contributed by atoms with E-state index >= 15 is 0 Å². The quantitative estimate of drug-likeness (QED) is 0.708. The van der Waals surface area contributed by atoms with E-state index in [1.165, 1.54) is 0 Å². The fourth-order valence-corrected chi connectivity index (χ4v) is 3.76. The summed E-state index contributed by atoms with van der Waals surface area (Å²) in [6, 6.07) is 8.00. The van der Waals surface area contributed by atoms with Crippen LogP contribution < -0.4 is 5.32 Å². The van der Waals surface area contributed by atoms with Gasteiger partial charge in [-0.15, -0.1) is 0 Å². The minimum absolute atomic E-state index is 0.00853. The average Bonchev–Trinajstić information content (AvgIpc) is 3.22. The van der Waals surface area contributed by atoms with Gasteiger partial charge in [-0.25, -0.2) is 9.37 Å². The van der Waals surface area contributed by atoms with E-state index in [0.29, 0.717) is 12.4 Å². The number of fused-ring (bicyclic) bond motifs is 1. The lowest BCUT2D eigenvalue weighted by atomic mass is 9.95. The molecule has 1 unspecified atom stereocenters. The van der Waals surface area contributed by atoms with Crippen LogP contribution in [0.3, 0.4) is 0 Å². The number of hydrogen-bond acceptors (Lipinski definition) is 4. The first-order chi connectivity index (χ1) is 13.6. The molecule has 1 fully saturated rings. The van der Waals surface area contributed by atoms with Gasteiger partial charge in [-0.2, -0.15) is 5.10 Å². The number of likely N-dealkylation sites (tertiary alicyclic amines) is 1. The van der Waals surface area contributed by atoms with Crippen LogP contribution in [0.15, 0.2) is 42.9 Å². The topological polar surface area (TPSA) is 73.9 Å². The molecule has 7 heteroatoms. The van der Waals surface area contributed by atoms with Gasteiger partial charge in [-0.3, -0.25) is 9.89 Å². The van der Waals surface area contributed by atoms with Crippen LogP contribution in [0.4, 0.5) is 10.2 Å². The van der Waals surface area contributed by atoms with Crippen molar-refractivity contribution in [1.29, 1.82) is 0 Å². The van der Waals surface area contributed by atoms with E-state index in [1.54, 1.807) is 19.3 Å². The normalized spacial score (nSPS) is 16.9. The summed E-state index contributed by atoms with van der Waals surface area (Å²) in [5, 5.41) is 11.8. The first-order valence-electron chi connectivity index (χ1n) is 9.65. The predicted octanol–water partition coefficient (Wildman–Crippen LogP) is 3.63. The van der Waals surface area contributed by atoms with Gasteiger partial charge < -0.3 is 10.2 Å². The third-order valence-electron chi connectivity index (χ3n) is 5.27. The SMILES string of the molecule is CC(F)CN1CCC(C(=O)Nc2cc3cc(-c4cn[nH]c4)ccc3cn2)CC1. The fraction of sp³-hybridized carbons (Fsp3) is 0.381. The molecule has 1 amide bonds. The molecule has 2 aromatic heterocycles. The van der Waals surface area contributed by atoms with Crippen molar-refractivity contribution in [1.82, 2.24) is 20.1 Å². The molecule has 1 aliphatic rings. The molecule has 146 valence electrons. The second-order valence-corrected chi connectivity index (χ2v) is 7.46. The number of halogens is 1. The number of rotatable bonds is 5. The number of aromatic amines is 1. The lowest BCUT2D eigenvalue weighted by Crippen LogP contribution is -2.40. The van der Waals surface area contributed by atoms with Crippen LogP contribution in [0.5, 0.6) is 0 Å². The van der Waals surface area contributed by atoms with Crippen LogP contribution in [-0.2, 0) is 4.79 Å². The van der Waals surface area contributed by atoms with E-state index in [0.717, 1.165) is 47.8 Å². The Bertz CT molecular complexity index is 949. The van der Waals surface area contributed by atoms with E-state index < -0.39 is 6.17 Å². The molecule has 0 radical (unpaired) electrons. The number of anilines is 1. The Balaban J connectivity index is 1.43. The van der Waals surface area contributed by atoms with E-state index in [4.69, 9.17) is 0 Å². The molecule has 0 saturated carbocycles. The maximum atomic E-state index is 13.1. The van der Waals surface area contributed by atoms with Crippen LogP contribution in [-0.4, -0.2) is 51.8 Å². The highest BCUT2D eigenvalue weighted by Crippen LogP contribution is 2.25. The number of carbonyl (C=O) groups excluding carboxylic acids is 1. The van der Waals surface area contributed by atoms with Crippen molar-refractivity contribution in [3.63, 3.8) is 0 Å². The van der Waals surface area contributed by atoms with Gasteiger partial charge in [0.2, 0.25) is 5.91 Å². The summed E-state index contributed by atoms with van der Waals surface area (Å²) in [6.45, 7) is 3.53. The Labute approximate surface area is 163 Å². The Morgan fingerprint density at radius 1 is 1.25 bits per heavy atom. The number of benzene rings is 1. The highest BCUT2D eigenvalue weighted by atomic mass is 19.1. The number of H-pyrrole nitrogens is 1. The number of amides is 1. The third kappa shape index (κ3) is 4.20. The van der Waals surface area contributed by atoms with Gasteiger partial charge in [-0.1, -0.05) is 12.1 Å². The molecule has 1 saturated heterocycles. The van der Waals surface area contributed by atoms with Crippen molar-refractivity contribution in [2.24, 2.45) is 5.92 Å². The highest BCUT2D eigenvalue weighted by molar-refractivity contribution is 5.95. The van der Waals surface area contributed by atoms with Crippen LogP contribution in [0.2, 0.25) is 0 Å². The van der Waals surface area contributed by atoms with Crippen LogP contribution >= 0.6 is 0 Å². The molecular formula is C21H24FN5O. The zero-order chi connectivity index (χ0) is 19.5. The minimum Gasteiger partial charge on any atom is -0.310 e. The lowest BCUT2D eigenvalue weighted by molar-refractivity contribution is -0.121. The van der Waals surface area contributed by atoms with Crippen molar-refractivity contribution >= 4 is 22.5 Å². The molecule has 4 rings (SSSR count). The highest BCUT2D eigenvalue weighted by Gasteiger charge is 2.25. The molecule has 0 spiro atoms. The Kier molecular flexibility index (Phi) is 5.34. The summed E-state index contributed by atoms with van der Waals surface area (Å²) in [6.07, 6.45) is 6.06. The summed E-state index contributed by atoms with van der Waals surface area (Å²) in [5.41, 5.74) is 2.07. The van der Waals surface area contributed by atoms with Gasteiger partial charge in [-0.05, 0) is 55.9 Å².